The average molecular weight is 476 g/mol. The van der Waals surface area contributed by atoms with E-state index in [1.807, 2.05) is 20.8 Å². The Labute approximate surface area is 201 Å². The Balaban J connectivity index is 1.70. The number of rotatable bonds is 6. The topological polar surface area (TPSA) is 124 Å². The Morgan fingerprint density at radius 1 is 0.971 bits per heavy atom. The van der Waals surface area contributed by atoms with Crippen LogP contribution in [0.3, 0.4) is 0 Å². The highest BCUT2D eigenvalue weighted by Gasteiger charge is 2.59. The molecule has 0 radical (unpaired) electrons. The summed E-state index contributed by atoms with van der Waals surface area (Å²) in [5.41, 5.74) is 1.51. The molecule has 1 saturated heterocycles. The van der Waals surface area contributed by atoms with Gasteiger partial charge in [-0.25, -0.2) is 9.59 Å². The number of ketones is 1. The lowest BCUT2D eigenvalue weighted by Gasteiger charge is -2.47. The number of nitrogens with zero attached hydrogens (tertiary/aromatic N) is 2. The van der Waals surface area contributed by atoms with Crippen LogP contribution in [0.2, 0.25) is 0 Å². The van der Waals surface area contributed by atoms with E-state index in [1.165, 1.54) is 24.0 Å². The summed E-state index contributed by atoms with van der Waals surface area (Å²) >= 11 is 0. The van der Waals surface area contributed by atoms with E-state index < -0.39 is 16.9 Å². The van der Waals surface area contributed by atoms with Gasteiger partial charge in [-0.2, -0.15) is 0 Å². The Bertz CT molecular complexity index is 1280. The van der Waals surface area contributed by atoms with Gasteiger partial charge < -0.3 is 9.64 Å². The molecule has 4 rings (SSSR count). The van der Waals surface area contributed by atoms with Crippen molar-refractivity contribution in [2.24, 2.45) is 17.8 Å². The van der Waals surface area contributed by atoms with Crippen molar-refractivity contribution in [2.75, 3.05) is 0 Å². The number of β-lactam (4-membered cyclic amide) rings is 1. The summed E-state index contributed by atoms with van der Waals surface area (Å²) < 4.78 is 5.13. The molecule has 0 bridgehead atoms. The number of carbonyl (C=O) groups excluding carboxylic acids is 4. The normalized spacial score (nSPS) is 21.0. The summed E-state index contributed by atoms with van der Waals surface area (Å²) in [5.74, 6) is -2.67. The van der Waals surface area contributed by atoms with Crippen LogP contribution in [0.4, 0.5) is 5.69 Å². The number of esters is 2. The van der Waals surface area contributed by atoms with Crippen molar-refractivity contribution in [1.82, 2.24) is 4.90 Å². The molecule has 2 heterocycles. The second-order valence-electron chi connectivity index (χ2n) is 9.13. The molecular formula is C26H24N2O7. The minimum Gasteiger partial charge on any atom is -0.385 e. The molecule has 0 N–H and O–H groups in total. The number of hydrogen-bond acceptors (Lipinski definition) is 7. The number of ether oxygens (including phenoxy) is 1. The molecule has 3 atom stereocenters. The van der Waals surface area contributed by atoms with E-state index in [0.29, 0.717) is 16.7 Å². The smallest absolute Gasteiger partial charge is 0.363 e. The summed E-state index contributed by atoms with van der Waals surface area (Å²) in [5, 5.41) is 10.8. The molecule has 0 unspecified atom stereocenters. The molecule has 2 aliphatic heterocycles. The fourth-order valence-corrected chi connectivity index (χ4v) is 4.92. The van der Waals surface area contributed by atoms with Crippen LogP contribution in [0, 0.1) is 27.9 Å². The van der Waals surface area contributed by atoms with Crippen molar-refractivity contribution in [3.05, 3.63) is 81.0 Å². The van der Waals surface area contributed by atoms with Crippen LogP contribution in [0.5, 0.6) is 0 Å². The van der Waals surface area contributed by atoms with Crippen molar-refractivity contribution in [2.45, 2.75) is 33.7 Å². The lowest BCUT2D eigenvalue weighted by molar-refractivity contribution is -0.384. The Kier molecular flexibility index (Phi) is 6.10. The predicted octanol–water partition coefficient (Wildman–Crippen LogP) is 4.02. The van der Waals surface area contributed by atoms with Gasteiger partial charge in [-0.15, -0.1) is 0 Å². The summed E-state index contributed by atoms with van der Waals surface area (Å²) in [4.78, 5) is 62.2. The molecule has 180 valence electrons. The number of carbonyl (C=O) groups is 4. The van der Waals surface area contributed by atoms with Crippen LogP contribution in [0.25, 0.3) is 5.57 Å². The molecule has 2 aromatic rings. The number of hydrogen-bond donors (Lipinski definition) is 0. The highest BCUT2D eigenvalue weighted by molar-refractivity contribution is 6.11. The SMILES string of the molecule is CC(=O)c1ccc(C2=C(C(=O)OC(=O)c3ccc([N+](=O)[O-])cc3)N3C(=O)[C@H](C(C)C)[C@H]3[C@H]2C)cc1. The van der Waals surface area contributed by atoms with Gasteiger partial charge in [-0.05, 0) is 36.1 Å². The molecule has 1 fully saturated rings. The van der Waals surface area contributed by atoms with Gasteiger partial charge in [-0.3, -0.25) is 19.7 Å². The Hall–Kier alpha value is -4.14. The van der Waals surface area contributed by atoms with Gasteiger partial charge in [0.25, 0.3) is 5.69 Å². The number of nitro benzene ring substituents is 1. The standard InChI is InChI=1S/C26H24N2O7/c1-13(2)20-22-14(3)21(17-7-5-16(6-8-17)15(4)29)23(27(22)24(20)30)26(32)35-25(31)18-9-11-19(12-10-18)28(33)34/h5-14,20,22H,1-4H3/t14-,20+,22+/m0/s1. The van der Waals surface area contributed by atoms with Gasteiger partial charge in [0.15, 0.2) is 5.78 Å². The molecule has 35 heavy (non-hydrogen) atoms. The monoisotopic (exact) mass is 476 g/mol. The molecule has 2 aliphatic rings. The molecule has 0 aromatic heterocycles. The first-order chi connectivity index (χ1) is 16.5. The Morgan fingerprint density at radius 2 is 1.54 bits per heavy atom. The first kappa shape index (κ1) is 24.0. The molecule has 0 aliphatic carbocycles. The maximum Gasteiger partial charge on any atom is 0.363 e. The van der Waals surface area contributed by atoms with Gasteiger partial charge in [-0.1, -0.05) is 45.0 Å². The van der Waals surface area contributed by atoms with E-state index in [-0.39, 0.29) is 52.4 Å². The average Bonchev–Trinajstić information content (AvgIpc) is 3.07. The highest BCUT2D eigenvalue weighted by atomic mass is 16.6. The lowest BCUT2D eigenvalue weighted by atomic mass is 9.74. The van der Waals surface area contributed by atoms with Gasteiger partial charge >= 0.3 is 11.9 Å². The summed E-state index contributed by atoms with van der Waals surface area (Å²) in [6.07, 6.45) is 0. The maximum absolute atomic E-state index is 13.3. The molecule has 0 saturated carbocycles. The van der Waals surface area contributed by atoms with Gasteiger partial charge in [0.1, 0.15) is 5.70 Å². The number of benzene rings is 2. The molecule has 2 aromatic carbocycles. The first-order valence-electron chi connectivity index (χ1n) is 11.2. The second kappa shape index (κ2) is 8.90. The molecule has 9 nitrogen and oxygen atoms in total. The zero-order chi connectivity index (χ0) is 25.6. The van der Waals surface area contributed by atoms with E-state index in [9.17, 15) is 29.3 Å². The molecular weight excluding hydrogens is 452 g/mol. The largest absolute Gasteiger partial charge is 0.385 e. The zero-order valence-corrected chi connectivity index (χ0v) is 19.7. The van der Waals surface area contributed by atoms with Crippen molar-refractivity contribution in [1.29, 1.82) is 0 Å². The third-order valence-corrected chi connectivity index (χ3v) is 6.67. The third-order valence-electron chi connectivity index (χ3n) is 6.67. The number of amides is 1. The summed E-state index contributed by atoms with van der Waals surface area (Å²) in [6, 6.07) is 11.2. The van der Waals surface area contributed by atoms with Crippen LogP contribution in [0.1, 0.15) is 54.0 Å². The summed E-state index contributed by atoms with van der Waals surface area (Å²) in [6.45, 7) is 7.27. The van der Waals surface area contributed by atoms with Crippen LogP contribution in [-0.4, -0.2) is 39.5 Å². The fraction of sp³-hybridized carbons (Fsp3) is 0.308. The Morgan fingerprint density at radius 3 is 2.06 bits per heavy atom. The van der Waals surface area contributed by atoms with Crippen LogP contribution < -0.4 is 0 Å². The van der Waals surface area contributed by atoms with Gasteiger partial charge in [0, 0.05) is 23.6 Å². The molecule has 0 spiro atoms. The highest BCUT2D eigenvalue weighted by Crippen LogP contribution is 2.51. The van der Waals surface area contributed by atoms with Crippen LogP contribution in [-0.2, 0) is 14.3 Å². The van der Waals surface area contributed by atoms with E-state index >= 15 is 0 Å². The number of Topliss-reactive ketones (excluding diaryl/α,β-unsaturated/α-hetero) is 1. The van der Waals surface area contributed by atoms with Crippen molar-refractivity contribution in [3.8, 4) is 0 Å². The first-order valence-corrected chi connectivity index (χ1v) is 11.2. The molecule has 9 heteroatoms. The van der Waals surface area contributed by atoms with Crippen molar-refractivity contribution >= 4 is 34.9 Å². The van der Waals surface area contributed by atoms with E-state index in [2.05, 4.69) is 0 Å². The minimum absolute atomic E-state index is 0.00948. The van der Waals surface area contributed by atoms with Crippen molar-refractivity contribution in [3.63, 3.8) is 0 Å². The van der Waals surface area contributed by atoms with Crippen LogP contribution >= 0.6 is 0 Å². The molecule has 1 amide bonds. The fourth-order valence-electron chi connectivity index (χ4n) is 4.92. The van der Waals surface area contributed by atoms with Gasteiger partial charge in [0.2, 0.25) is 5.91 Å². The zero-order valence-electron chi connectivity index (χ0n) is 19.7. The predicted molar refractivity (Wildman–Crippen MR) is 125 cm³/mol. The third kappa shape index (κ3) is 4.03. The van der Waals surface area contributed by atoms with E-state index in [4.69, 9.17) is 4.74 Å². The van der Waals surface area contributed by atoms with Crippen LogP contribution in [0.15, 0.2) is 54.2 Å². The minimum atomic E-state index is -0.979. The van der Waals surface area contributed by atoms with Gasteiger partial charge in [0.05, 0.1) is 22.4 Å². The maximum atomic E-state index is 13.3. The quantitative estimate of drug-likeness (QED) is 0.154. The van der Waals surface area contributed by atoms with E-state index in [0.717, 1.165) is 12.1 Å². The lowest BCUT2D eigenvalue weighted by Crippen LogP contribution is -2.62. The number of non-ortho nitro benzene ring substituents is 1. The number of fused-ring (bicyclic) bond motifs is 1. The van der Waals surface area contributed by atoms with E-state index in [1.54, 1.807) is 24.3 Å². The van der Waals surface area contributed by atoms with Crippen molar-refractivity contribution < 1.29 is 28.8 Å². The second-order valence-corrected chi connectivity index (χ2v) is 9.13. The number of nitro groups is 1. The summed E-state index contributed by atoms with van der Waals surface area (Å²) in [7, 11) is 0.